The molecule has 1 aromatic rings. The summed E-state index contributed by atoms with van der Waals surface area (Å²) in [5, 5.41) is 20.4. The van der Waals surface area contributed by atoms with E-state index in [0.717, 1.165) is 0 Å². The highest BCUT2D eigenvalue weighted by Crippen LogP contribution is 2.40. The second-order valence-electron chi connectivity index (χ2n) is 4.75. The standard InChI is InChI=1S/C13H16N2O5/c1-8-9(13(16)17)6-7-14(8)10-4-3-5-11(20-2)12(10)15(18)19/h3-5,8-9H,6-7H2,1-2H3,(H,16,17). The predicted molar refractivity (Wildman–Crippen MR) is 72.2 cm³/mol. The first-order chi connectivity index (χ1) is 9.47. The van der Waals surface area contributed by atoms with E-state index in [0.29, 0.717) is 18.7 Å². The topological polar surface area (TPSA) is 92.9 Å². The van der Waals surface area contributed by atoms with Crippen molar-refractivity contribution in [3.8, 4) is 5.75 Å². The number of rotatable bonds is 4. The summed E-state index contributed by atoms with van der Waals surface area (Å²) in [5.41, 5.74) is 0.290. The molecule has 7 nitrogen and oxygen atoms in total. The van der Waals surface area contributed by atoms with Crippen LogP contribution in [0.3, 0.4) is 0 Å². The molecule has 1 fully saturated rings. The van der Waals surface area contributed by atoms with Gasteiger partial charge >= 0.3 is 11.7 Å². The van der Waals surface area contributed by atoms with E-state index in [1.54, 1.807) is 24.0 Å². The molecule has 1 aliphatic rings. The Morgan fingerprint density at radius 1 is 1.55 bits per heavy atom. The van der Waals surface area contributed by atoms with Gasteiger partial charge in [0.05, 0.1) is 18.0 Å². The van der Waals surface area contributed by atoms with E-state index in [2.05, 4.69) is 0 Å². The molecule has 0 bridgehead atoms. The minimum absolute atomic E-state index is 0.118. The lowest BCUT2D eigenvalue weighted by molar-refractivity contribution is -0.385. The van der Waals surface area contributed by atoms with Crippen LogP contribution in [0.5, 0.6) is 5.75 Å². The Kier molecular flexibility index (Phi) is 3.78. The van der Waals surface area contributed by atoms with Crippen LogP contribution in [0.1, 0.15) is 13.3 Å². The number of nitro benzene ring substituents is 1. The van der Waals surface area contributed by atoms with Crippen molar-refractivity contribution in [3.05, 3.63) is 28.3 Å². The van der Waals surface area contributed by atoms with Gasteiger partial charge in [-0.3, -0.25) is 14.9 Å². The van der Waals surface area contributed by atoms with Crippen molar-refractivity contribution in [3.63, 3.8) is 0 Å². The number of para-hydroxylation sites is 1. The Balaban J connectivity index is 2.44. The van der Waals surface area contributed by atoms with Crippen LogP contribution in [0.4, 0.5) is 11.4 Å². The highest BCUT2D eigenvalue weighted by molar-refractivity contribution is 5.76. The number of carboxylic acids is 1. The molecule has 20 heavy (non-hydrogen) atoms. The maximum Gasteiger partial charge on any atom is 0.333 e. The van der Waals surface area contributed by atoms with Gasteiger partial charge in [0.1, 0.15) is 5.69 Å². The van der Waals surface area contributed by atoms with E-state index in [1.807, 2.05) is 0 Å². The number of methoxy groups -OCH3 is 1. The lowest BCUT2D eigenvalue weighted by Crippen LogP contribution is -2.33. The van der Waals surface area contributed by atoms with Crippen LogP contribution in [0.2, 0.25) is 0 Å². The molecule has 1 N–H and O–H groups in total. The van der Waals surface area contributed by atoms with E-state index in [9.17, 15) is 14.9 Å². The Bertz CT molecular complexity index is 546. The fraction of sp³-hybridized carbons (Fsp3) is 0.462. The molecule has 1 saturated heterocycles. The number of hydrogen-bond donors (Lipinski definition) is 1. The van der Waals surface area contributed by atoms with Crippen LogP contribution in [0.15, 0.2) is 18.2 Å². The fourth-order valence-corrected chi connectivity index (χ4v) is 2.70. The predicted octanol–water partition coefficient (Wildman–Crippen LogP) is 1.90. The molecule has 108 valence electrons. The number of ether oxygens (including phenoxy) is 1. The smallest absolute Gasteiger partial charge is 0.333 e. The fourth-order valence-electron chi connectivity index (χ4n) is 2.70. The van der Waals surface area contributed by atoms with E-state index in [4.69, 9.17) is 9.84 Å². The SMILES string of the molecule is COc1cccc(N2CCC(C(=O)O)C2C)c1[N+](=O)[O-]. The zero-order valence-electron chi connectivity index (χ0n) is 11.3. The highest BCUT2D eigenvalue weighted by atomic mass is 16.6. The number of hydrogen-bond acceptors (Lipinski definition) is 5. The number of carbonyl (C=O) groups is 1. The van der Waals surface area contributed by atoms with Crippen molar-refractivity contribution in [1.29, 1.82) is 0 Å². The van der Waals surface area contributed by atoms with Gasteiger partial charge in [0, 0.05) is 12.6 Å². The third-order valence-electron chi connectivity index (χ3n) is 3.76. The van der Waals surface area contributed by atoms with Crippen LogP contribution in [0, 0.1) is 16.0 Å². The van der Waals surface area contributed by atoms with E-state index in [1.165, 1.54) is 13.2 Å². The molecule has 0 saturated carbocycles. The summed E-state index contributed by atoms with van der Waals surface area (Å²) in [7, 11) is 1.37. The average molecular weight is 280 g/mol. The lowest BCUT2D eigenvalue weighted by atomic mass is 10.0. The molecule has 0 amide bonds. The Morgan fingerprint density at radius 2 is 2.25 bits per heavy atom. The van der Waals surface area contributed by atoms with E-state index < -0.39 is 16.8 Å². The molecule has 2 unspecified atom stereocenters. The van der Waals surface area contributed by atoms with Crippen LogP contribution in [0.25, 0.3) is 0 Å². The molecule has 1 aromatic carbocycles. The van der Waals surface area contributed by atoms with Crippen molar-refractivity contribution in [2.24, 2.45) is 5.92 Å². The molecule has 2 atom stereocenters. The summed E-state index contributed by atoms with van der Waals surface area (Å²) in [6.07, 6.45) is 0.477. The summed E-state index contributed by atoms with van der Waals surface area (Å²) in [4.78, 5) is 23.7. The number of nitrogens with zero attached hydrogens (tertiary/aromatic N) is 2. The van der Waals surface area contributed by atoms with Gasteiger partial charge in [-0.1, -0.05) is 6.07 Å². The zero-order chi connectivity index (χ0) is 14.9. The maximum atomic E-state index is 11.3. The summed E-state index contributed by atoms with van der Waals surface area (Å²) >= 11 is 0. The normalized spacial score (nSPS) is 21.8. The van der Waals surface area contributed by atoms with Gasteiger partial charge in [-0.25, -0.2) is 0 Å². The number of nitro groups is 1. The van der Waals surface area contributed by atoms with Gasteiger partial charge in [-0.05, 0) is 25.5 Å². The van der Waals surface area contributed by atoms with Crippen LogP contribution >= 0.6 is 0 Å². The molecular weight excluding hydrogens is 264 g/mol. The number of anilines is 1. The number of carboxylic acid groups (broad SMARTS) is 1. The minimum Gasteiger partial charge on any atom is -0.490 e. The monoisotopic (exact) mass is 280 g/mol. The van der Waals surface area contributed by atoms with Crippen molar-refractivity contribution in [2.45, 2.75) is 19.4 Å². The van der Waals surface area contributed by atoms with Crippen LogP contribution in [-0.2, 0) is 4.79 Å². The van der Waals surface area contributed by atoms with Crippen molar-refractivity contribution < 1.29 is 19.6 Å². The molecule has 0 aromatic heterocycles. The largest absolute Gasteiger partial charge is 0.490 e. The van der Waals surface area contributed by atoms with E-state index in [-0.39, 0.29) is 17.5 Å². The first-order valence-electron chi connectivity index (χ1n) is 6.28. The van der Waals surface area contributed by atoms with Gasteiger partial charge in [-0.15, -0.1) is 0 Å². The molecule has 0 spiro atoms. The van der Waals surface area contributed by atoms with E-state index >= 15 is 0 Å². The van der Waals surface area contributed by atoms with Crippen molar-refractivity contribution in [2.75, 3.05) is 18.6 Å². The van der Waals surface area contributed by atoms with Crippen molar-refractivity contribution >= 4 is 17.3 Å². The molecule has 7 heteroatoms. The molecule has 1 aliphatic heterocycles. The Morgan fingerprint density at radius 3 is 2.75 bits per heavy atom. The summed E-state index contributed by atoms with van der Waals surface area (Å²) in [6, 6.07) is 4.53. The summed E-state index contributed by atoms with van der Waals surface area (Å²) in [6.45, 7) is 2.25. The third kappa shape index (κ3) is 2.26. The minimum atomic E-state index is -0.870. The Labute approximate surface area is 115 Å². The van der Waals surface area contributed by atoms with Gasteiger partial charge in [-0.2, -0.15) is 0 Å². The zero-order valence-corrected chi connectivity index (χ0v) is 11.3. The second-order valence-corrected chi connectivity index (χ2v) is 4.75. The number of aliphatic carboxylic acids is 1. The van der Waals surface area contributed by atoms with Gasteiger partial charge in [0.25, 0.3) is 0 Å². The summed E-state index contributed by atoms with van der Waals surface area (Å²) < 4.78 is 5.03. The quantitative estimate of drug-likeness (QED) is 0.669. The van der Waals surface area contributed by atoms with Gasteiger partial charge in [0.2, 0.25) is 0 Å². The summed E-state index contributed by atoms with van der Waals surface area (Å²) in [5.74, 6) is -1.20. The lowest BCUT2D eigenvalue weighted by Gasteiger charge is -2.25. The van der Waals surface area contributed by atoms with Gasteiger partial charge in [0.15, 0.2) is 5.75 Å². The second kappa shape index (κ2) is 5.36. The first-order valence-corrected chi connectivity index (χ1v) is 6.28. The van der Waals surface area contributed by atoms with Crippen LogP contribution in [-0.4, -0.2) is 35.7 Å². The maximum absolute atomic E-state index is 11.3. The van der Waals surface area contributed by atoms with Crippen LogP contribution < -0.4 is 9.64 Å². The van der Waals surface area contributed by atoms with Crippen molar-refractivity contribution in [1.82, 2.24) is 0 Å². The molecule has 0 aliphatic carbocycles. The number of benzene rings is 1. The van der Waals surface area contributed by atoms with Gasteiger partial charge < -0.3 is 14.7 Å². The Hall–Kier alpha value is -2.31. The molecule has 2 rings (SSSR count). The molecular formula is C13H16N2O5. The average Bonchev–Trinajstić information content (AvgIpc) is 2.79. The third-order valence-corrected chi connectivity index (χ3v) is 3.76. The molecule has 1 heterocycles. The highest BCUT2D eigenvalue weighted by Gasteiger charge is 2.38. The molecule has 0 radical (unpaired) electrons. The first kappa shape index (κ1) is 14.1.